The molecule has 4 nitrogen and oxygen atoms in total. The average molecular weight is 316 g/mol. The SMILES string of the molecule is Cc1cc(=O)[nH]nc1-c1ccc(O[Si](C)(C)C(C)(C)C)cc1. The number of aryl methyl sites for hydroxylation is 1. The molecule has 0 fully saturated rings. The van der Waals surface area contributed by atoms with Crippen molar-refractivity contribution in [1.29, 1.82) is 0 Å². The first-order chi connectivity index (χ1) is 10.1. The molecule has 2 aromatic rings. The van der Waals surface area contributed by atoms with Gasteiger partial charge in [0.1, 0.15) is 5.75 Å². The molecule has 0 atom stereocenters. The van der Waals surface area contributed by atoms with Crippen molar-refractivity contribution < 1.29 is 4.43 Å². The van der Waals surface area contributed by atoms with Crippen LogP contribution in [-0.4, -0.2) is 18.5 Å². The monoisotopic (exact) mass is 316 g/mol. The molecule has 0 spiro atoms. The molecule has 0 saturated heterocycles. The normalized spacial score (nSPS) is 12.3. The van der Waals surface area contributed by atoms with Crippen LogP contribution in [0.3, 0.4) is 0 Å². The minimum atomic E-state index is -1.82. The van der Waals surface area contributed by atoms with Crippen LogP contribution in [0.15, 0.2) is 35.1 Å². The highest BCUT2D eigenvalue weighted by molar-refractivity contribution is 6.74. The number of aromatic amines is 1. The van der Waals surface area contributed by atoms with E-state index in [4.69, 9.17) is 4.43 Å². The van der Waals surface area contributed by atoms with Crippen molar-refractivity contribution in [3.63, 3.8) is 0 Å². The maximum Gasteiger partial charge on any atom is 0.264 e. The Labute approximate surface area is 132 Å². The van der Waals surface area contributed by atoms with E-state index in [0.29, 0.717) is 0 Å². The van der Waals surface area contributed by atoms with Crippen molar-refractivity contribution in [2.75, 3.05) is 0 Å². The minimum absolute atomic E-state index is 0.169. The number of hydrogen-bond donors (Lipinski definition) is 1. The van der Waals surface area contributed by atoms with Crippen LogP contribution < -0.4 is 9.99 Å². The molecule has 22 heavy (non-hydrogen) atoms. The van der Waals surface area contributed by atoms with E-state index in [-0.39, 0.29) is 10.6 Å². The smallest absolute Gasteiger partial charge is 0.264 e. The fourth-order valence-electron chi connectivity index (χ4n) is 1.92. The van der Waals surface area contributed by atoms with Gasteiger partial charge in [-0.2, -0.15) is 5.10 Å². The summed E-state index contributed by atoms with van der Waals surface area (Å²) in [6.07, 6.45) is 0. The highest BCUT2D eigenvalue weighted by Gasteiger charge is 2.38. The molecule has 0 amide bonds. The predicted molar refractivity (Wildman–Crippen MR) is 92.9 cm³/mol. The fraction of sp³-hybridized carbons (Fsp3) is 0.412. The molecule has 1 heterocycles. The fourth-order valence-corrected chi connectivity index (χ4v) is 2.95. The maximum atomic E-state index is 11.2. The summed E-state index contributed by atoms with van der Waals surface area (Å²) in [6.45, 7) is 13.0. The number of nitrogens with one attached hydrogen (secondary N) is 1. The third-order valence-corrected chi connectivity index (χ3v) is 8.66. The first-order valence-electron chi connectivity index (χ1n) is 7.46. The molecular formula is C17H24N2O2Si. The summed E-state index contributed by atoms with van der Waals surface area (Å²) in [4.78, 5) is 11.2. The van der Waals surface area contributed by atoms with Crippen molar-refractivity contribution >= 4 is 8.32 Å². The van der Waals surface area contributed by atoms with Gasteiger partial charge in [0.05, 0.1) is 5.69 Å². The summed E-state index contributed by atoms with van der Waals surface area (Å²) in [7, 11) is -1.82. The number of aromatic nitrogens is 2. The summed E-state index contributed by atoms with van der Waals surface area (Å²) in [5.74, 6) is 0.886. The molecular weight excluding hydrogens is 292 g/mol. The Morgan fingerprint density at radius 2 is 1.73 bits per heavy atom. The molecule has 2 rings (SSSR count). The van der Waals surface area contributed by atoms with Crippen LogP contribution in [0.25, 0.3) is 11.3 Å². The number of hydrogen-bond acceptors (Lipinski definition) is 3. The molecule has 1 aromatic carbocycles. The first kappa shape index (κ1) is 16.5. The third-order valence-electron chi connectivity index (χ3n) is 4.31. The Hall–Kier alpha value is -1.88. The highest BCUT2D eigenvalue weighted by atomic mass is 28.4. The molecule has 0 aliphatic carbocycles. The Morgan fingerprint density at radius 1 is 1.14 bits per heavy atom. The second-order valence-electron chi connectivity index (χ2n) is 7.15. The number of H-pyrrole nitrogens is 1. The summed E-state index contributed by atoms with van der Waals surface area (Å²) in [5.41, 5.74) is 2.44. The van der Waals surface area contributed by atoms with Gasteiger partial charge in [0.2, 0.25) is 8.32 Å². The van der Waals surface area contributed by atoms with Gasteiger partial charge < -0.3 is 4.43 Å². The van der Waals surface area contributed by atoms with E-state index in [1.165, 1.54) is 0 Å². The topological polar surface area (TPSA) is 55.0 Å². The number of benzene rings is 1. The van der Waals surface area contributed by atoms with Crippen LogP contribution in [0.5, 0.6) is 5.75 Å². The van der Waals surface area contributed by atoms with Crippen LogP contribution in [-0.2, 0) is 0 Å². The zero-order chi connectivity index (χ0) is 16.5. The van der Waals surface area contributed by atoms with Gasteiger partial charge >= 0.3 is 0 Å². The molecule has 1 N–H and O–H groups in total. The lowest BCUT2D eigenvalue weighted by Crippen LogP contribution is -2.43. The van der Waals surface area contributed by atoms with Crippen molar-refractivity contribution in [1.82, 2.24) is 10.2 Å². The molecule has 1 aromatic heterocycles. The van der Waals surface area contributed by atoms with Crippen molar-refractivity contribution in [2.45, 2.75) is 45.8 Å². The predicted octanol–water partition coefficient (Wildman–Crippen LogP) is 4.13. The molecule has 0 radical (unpaired) electrons. The highest BCUT2D eigenvalue weighted by Crippen LogP contribution is 2.37. The van der Waals surface area contributed by atoms with Crippen molar-refractivity contribution in [3.8, 4) is 17.0 Å². The average Bonchev–Trinajstić information content (AvgIpc) is 2.38. The molecule has 0 bridgehead atoms. The van der Waals surface area contributed by atoms with E-state index in [1.807, 2.05) is 31.2 Å². The Morgan fingerprint density at radius 3 is 2.23 bits per heavy atom. The van der Waals surface area contributed by atoms with Gasteiger partial charge in [0.25, 0.3) is 5.56 Å². The van der Waals surface area contributed by atoms with Crippen LogP contribution in [0.1, 0.15) is 26.3 Å². The Bertz CT molecular complexity index is 713. The lowest BCUT2D eigenvalue weighted by Gasteiger charge is -2.36. The van der Waals surface area contributed by atoms with E-state index < -0.39 is 8.32 Å². The second kappa shape index (κ2) is 5.72. The third kappa shape index (κ3) is 3.47. The Kier molecular flexibility index (Phi) is 4.29. The van der Waals surface area contributed by atoms with Crippen molar-refractivity contribution in [2.24, 2.45) is 0 Å². The zero-order valence-corrected chi connectivity index (χ0v) is 15.2. The van der Waals surface area contributed by atoms with Crippen LogP contribution >= 0.6 is 0 Å². The lowest BCUT2D eigenvalue weighted by atomic mass is 10.1. The van der Waals surface area contributed by atoms with E-state index in [2.05, 4.69) is 44.1 Å². The molecule has 0 unspecified atom stereocenters. The van der Waals surface area contributed by atoms with Gasteiger partial charge in [0.15, 0.2) is 0 Å². The van der Waals surface area contributed by atoms with Crippen LogP contribution in [0.2, 0.25) is 18.1 Å². The van der Waals surface area contributed by atoms with E-state index in [1.54, 1.807) is 6.07 Å². The van der Waals surface area contributed by atoms with Crippen LogP contribution in [0.4, 0.5) is 0 Å². The van der Waals surface area contributed by atoms with Gasteiger partial charge in [-0.25, -0.2) is 5.10 Å². The second-order valence-corrected chi connectivity index (χ2v) is 11.9. The summed E-state index contributed by atoms with van der Waals surface area (Å²) >= 11 is 0. The molecule has 0 saturated carbocycles. The van der Waals surface area contributed by atoms with Gasteiger partial charge in [-0.15, -0.1) is 0 Å². The molecule has 0 aliphatic rings. The first-order valence-corrected chi connectivity index (χ1v) is 10.4. The lowest BCUT2D eigenvalue weighted by molar-refractivity contribution is 0.492. The summed E-state index contributed by atoms with van der Waals surface area (Å²) < 4.78 is 6.27. The maximum absolute atomic E-state index is 11.2. The summed E-state index contributed by atoms with van der Waals surface area (Å²) in [5, 5.41) is 6.77. The van der Waals surface area contributed by atoms with E-state index in [9.17, 15) is 4.79 Å². The quantitative estimate of drug-likeness (QED) is 0.866. The van der Waals surface area contributed by atoms with Gasteiger partial charge in [-0.1, -0.05) is 20.8 Å². The molecule has 5 heteroatoms. The zero-order valence-electron chi connectivity index (χ0n) is 14.2. The largest absolute Gasteiger partial charge is 0.544 e. The summed E-state index contributed by atoms with van der Waals surface area (Å²) in [6, 6.07) is 9.47. The van der Waals surface area contributed by atoms with E-state index in [0.717, 1.165) is 22.6 Å². The molecule has 118 valence electrons. The van der Waals surface area contributed by atoms with Crippen LogP contribution in [0, 0.1) is 6.92 Å². The van der Waals surface area contributed by atoms with E-state index >= 15 is 0 Å². The standard InChI is InChI=1S/C17H24N2O2Si/c1-12-11-15(20)18-19-16(12)13-7-9-14(10-8-13)21-22(5,6)17(2,3)4/h7-11H,1-6H3,(H,18,20). The number of rotatable bonds is 3. The van der Waals surface area contributed by atoms with Gasteiger partial charge in [-0.3, -0.25) is 4.79 Å². The van der Waals surface area contributed by atoms with Gasteiger partial charge in [0, 0.05) is 11.6 Å². The van der Waals surface area contributed by atoms with Crippen molar-refractivity contribution in [3.05, 3.63) is 46.2 Å². The molecule has 0 aliphatic heterocycles. The number of nitrogens with zero attached hydrogens (tertiary/aromatic N) is 1. The van der Waals surface area contributed by atoms with Gasteiger partial charge in [-0.05, 0) is 54.9 Å². The Balaban J connectivity index is 2.26. The minimum Gasteiger partial charge on any atom is -0.544 e.